The van der Waals surface area contributed by atoms with Gasteiger partial charge >= 0.3 is 0 Å². The van der Waals surface area contributed by atoms with Gasteiger partial charge in [-0.1, -0.05) is 27.2 Å². The fraction of sp³-hybridized carbons (Fsp3) is 0.938. The van der Waals surface area contributed by atoms with Gasteiger partial charge in [0.2, 0.25) is 5.91 Å². The average molecular weight is 283 g/mol. The van der Waals surface area contributed by atoms with E-state index in [-0.39, 0.29) is 11.3 Å². The molecule has 1 amide bonds. The van der Waals surface area contributed by atoms with E-state index in [9.17, 15) is 4.79 Å². The quantitative estimate of drug-likeness (QED) is 0.680. The van der Waals surface area contributed by atoms with E-state index >= 15 is 0 Å². The Morgan fingerprint density at radius 1 is 1.15 bits per heavy atom. The van der Waals surface area contributed by atoms with Crippen LogP contribution in [0.4, 0.5) is 0 Å². The largest absolute Gasteiger partial charge is 0.354 e. The third kappa shape index (κ3) is 5.06. The molecule has 0 aliphatic carbocycles. The van der Waals surface area contributed by atoms with Crippen LogP contribution in [0.3, 0.4) is 0 Å². The molecule has 1 aliphatic rings. The number of carbonyl (C=O) groups is 1. The number of rotatable bonds is 9. The summed E-state index contributed by atoms with van der Waals surface area (Å²) in [6.45, 7) is 12.5. The number of nitrogens with one attached hydrogen (secondary N) is 2. The van der Waals surface area contributed by atoms with Crippen LogP contribution in [0.15, 0.2) is 0 Å². The minimum Gasteiger partial charge on any atom is -0.354 e. The van der Waals surface area contributed by atoms with Gasteiger partial charge in [-0.15, -0.1) is 0 Å². The fourth-order valence-corrected chi connectivity index (χ4v) is 3.23. The van der Waals surface area contributed by atoms with Crippen LogP contribution in [0.1, 0.15) is 52.9 Å². The number of hydrogen-bond donors (Lipinski definition) is 2. The van der Waals surface area contributed by atoms with Crippen molar-refractivity contribution in [1.29, 1.82) is 0 Å². The first-order valence-corrected chi connectivity index (χ1v) is 8.40. The molecule has 0 unspecified atom stereocenters. The van der Waals surface area contributed by atoms with Crippen molar-refractivity contribution in [1.82, 2.24) is 15.5 Å². The lowest BCUT2D eigenvalue weighted by molar-refractivity contribution is -0.133. The molecule has 1 fully saturated rings. The average Bonchev–Trinajstić information content (AvgIpc) is 2.47. The maximum Gasteiger partial charge on any atom is 0.226 e. The van der Waals surface area contributed by atoms with Crippen LogP contribution in [-0.2, 0) is 4.79 Å². The second-order valence-corrected chi connectivity index (χ2v) is 5.97. The van der Waals surface area contributed by atoms with Crippen molar-refractivity contribution in [3.05, 3.63) is 0 Å². The number of carbonyl (C=O) groups excluding carboxylic acids is 1. The molecule has 0 radical (unpaired) electrons. The summed E-state index contributed by atoms with van der Waals surface area (Å²) < 4.78 is 0. The predicted molar refractivity (Wildman–Crippen MR) is 84.9 cm³/mol. The van der Waals surface area contributed by atoms with Crippen LogP contribution in [0.2, 0.25) is 0 Å². The number of amides is 1. The highest BCUT2D eigenvalue weighted by Gasteiger charge is 2.38. The zero-order valence-electron chi connectivity index (χ0n) is 13.6. The van der Waals surface area contributed by atoms with Gasteiger partial charge in [-0.25, -0.2) is 0 Å². The summed E-state index contributed by atoms with van der Waals surface area (Å²) in [5, 5.41) is 6.56. The molecule has 4 heteroatoms. The van der Waals surface area contributed by atoms with Crippen LogP contribution in [0.5, 0.6) is 0 Å². The molecule has 1 heterocycles. The van der Waals surface area contributed by atoms with Gasteiger partial charge in [0.05, 0.1) is 5.41 Å². The van der Waals surface area contributed by atoms with Crippen molar-refractivity contribution in [2.24, 2.45) is 5.41 Å². The molecule has 0 aromatic carbocycles. The van der Waals surface area contributed by atoms with E-state index in [1.165, 1.54) is 6.42 Å². The Balaban J connectivity index is 2.42. The molecular formula is C16H33N3O. The van der Waals surface area contributed by atoms with E-state index in [4.69, 9.17) is 0 Å². The first-order chi connectivity index (χ1) is 9.68. The zero-order chi connectivity index (χ0) is 14.8. The highest BCUT2D eigenvalue weighted by molar-refractivity contribution is 5.82. The number of hydrogen-bond acceptors (Lipinski definition) is 3. The molecule has 0 atom stereocenters. The van der Waals surface area contributed by atoms with Crippen LogP contribution in [0, 0.1) is 5.41 Å². The Labute approximate surface area is 124 Å². The highest BCUT2D eigenvalue weighted by Crippen LogP contribution is 2.34. The summed E-state index contributed by atoms with van der Waals surface area (Å²) in [5.74, 6) is 0.286. The molecular weight excluding hydrogens is 250 g/mol. The monoisotopic (exact) mass is 283 g/mol. The maximum absolute atomic E-state index is 12.6. The molecule has 0 saturated carbocycles. The molecule has 4 nitrogen and oxygen atoms in total. The summed E-state index contributed by atoms with van der Waals surface area (Å²) in [4.78, 5) is 15.0. The lowest BCUT2D eigenvalue weighted by Gasteiger charge is -2.36. The molecule has 20 heavy (non-hydrogen) atoms. The number of nitrogens with zero attached hydrogens (tertiary/aromatic N) is 1. The standard InChI is InChI=1S/C16H33N3O/c1-4-7-16(8-10-17-11-9-16)15(20)18-12-14-19(6-3)13-5-2/h17H,4-14H2,1-3H3,(H,18,20). The van der Waals surface area contributed by atoms with Gasteiger partial charge in [-0.2, -0.15) is 0 Å². The normalized spacial score (nSPS) is 18.2. The summed E-state index contributed by atoms with van der Waals surface area (Å²) in [6.07, 6.45) is 5.25. The Morgan fingerprint density at radius 2 is 1.85 bits per heavy atom. The second-order valence-electron chi connectivity index (χ2n) is 5.97. The van der Waals surface area contributed by atoms with E-state index < -0.39 is 0 Å². The van der Waals surface area contributed by atoms with Gasteiger partial charge < -0.3 is 15.5 Å². The van der Waals surface area contributed by atoms with Crippen molar-refractivity contribution in [3.63, 3.8) is 0 Å². The second kappa shape index (κ2) is 9.35. The summed E-state index contributed by atoms with van der Waals surface area (Å²) in [7, 11) is 0. The minimum atomic E-state index is -0.109. The van der Waals surface area contributed by atoms with Gasteiger partial charge in [-0.05, 0) is 51.9 Å². The molecule has 0 aromatic rings. The molecule has 1 saturated heterocycles. The van der Waals surface area contributed by atoms with Crippen LogP contribution in [0.25, 0.3) is 0 Å². The van der Waals surface area contributed by atoms with Crippen molar-refractivity contribution in [2.45, 2.75) is 52.9 Å². The van der Waals surface area contributed by atoms with E-state index in [0.717, 1.165) is 65.0 Å². The summed E-state index contributed by atoms with van der Waals surface area (Å²) in [5.41, 5.74) is -0.109. The summed E-state index contributed by atoms with van der Waals surface area (Å²) >= 11 is 0. The predicted octanol–water partition coefficient (Wildman–Crippen LogP) is 2.00. The Morgan fingerprint density at radius 3 is 2.40 bits per heavy atom. The SMILES string of the molecule is CCCN(CC)CCNC(=O)C1(CCC)CCNCC1. The highest BCUT2D eigenvalue weighted by atomic mass is 16.2. The minimum absolute atomic E-state index is 0.109. The number of likely N-dealkylation sites (N-methyl/N-ethyl adjacent to an activating group) is 1. The van der Waals surface area contributed by atoms with Crippen LogP contribution in [-0.4, -0.2) is 50.1 Å². The molecule has 118 valence electrons. The van der Waals surface area contributed by atoms with E-state index in [1.807, 2.05) is 0 Å². The lowest BCUT2D eigenvalue weighted by Crippen LogP contribution is -2.49. The Bertz CT molecular complexity index is 269. The van der Waals surface area contributed by atoms with Gasteiger partial charge in [0.15, 0.2) is 0 Å². The van der Waals surface area contributed by atoms with Gasteiger partial charge in [0, 0.05) is 13.1 Å². The molecule has 1 rings (SSSR count). The van der Waals surface area contributed by atoms with Crippen molar-refractivity contribution >= 4 is 5.91 Å². The molecule has 0 bridgehead atoms. The smallest absolute Gasteiger partial charge is 0.226 e. The lowest BCUT2D eigenvalue weighted by atomic mass is 9.74. The zero-order valence-corrected chi connectivity index (χ0v) is 13.6. The maximum atomic E-state index is 12.6. The molecule has 1 aliphatic heterocycles. The van der Waals surface area contributed by atoms with Gasteiger partial charge in [-0.3, -0.25) is 4.79 Å². The van der Waals surface area contributed by atoms with Gasteiger partial charge in [0.1, 0.15) is 0 Å². The van der Waals surface area contributed by atoms with Crippen molar-refractivity contribution in [3.8, 4) is 0 Å². The molecule has 0 aromatic heterocycles. The molecule has 2 N–H and O–H groups in total. The first kappa shape index (κ1) is 17.4. The third-order valence-corrected chi connectivity index (χ3v) is 4.47. The first-order valence-electron chi connectivity index (χ1n) is 8.40. The van der Waals surface area contributed by atoms with Gasteiger partial charge in [0.25, 0.3) is 0 Å². The fourth-order valence-electron chi connectivity index (χ4n) is 3.23. The topological polar surface area (TPSA) is 44.4 Å². The Kier molecular flexibility index (Phi) is 8.15. The number of piperidine rings is 1. The van der Waals surface area contributed by atoms with E-state index in [2.05, 4.69) is 36.3 Å². The molecule has 0 spiro atoms. The van der Waals surface area contributed by atoms with E-state index in [1.54, 1.807) is 0 Å². The summed E-state index contributed by atoms with van der Waals surface area (Å²) in [6, 6.07) is 0. The van der Waals surface area contributed by atoms with Crippen LogP contribution < -0.4 is 10.6 Å². The van der Waals surface area contributed by atoms with Crippen molar-refractivity contribution < 1.29 is 4.79 Å². The third-order valence-electron chi connectivity index (χ3n) is 4.47. The van der Waals surface area contributed by atoms with E-state index in [0.29, 0.717) is 0 Å². The van der Waals surface area contributed by atoms with Crippen molar-refractivity contribution in [2.75, 3.05) is 39.3 Å². The Hall–Kier alpha value is -0.610. The van der Waals surface area contributed by atoms with Crippen LogP contribution >= 0.6 is 0 Å².